The zero-order valence-electron chi connectivity index (χ0n) is 13.8. The molecule has 1 aliphatic rings. The van der Waals surface area contributed by atoms with Crippen LogP contribution in [0.25, 0.3) is 0 Å². The monoisotopic (exact) mass is 500 g/mol. The summed E-state index contributed by atoms with van der Waals surface area (Å²) < 4.78 is 65.5. The maximum absolute atomic E-state index is 11.1. The van der Waals surface area contributed by atoms with Gasteiger partial charge >= 0.3 is 35.0 Å². The molecule has 0 fully saturated rings. The van der Waals surface area contributed by atoms with Crippen molar-refractivity contribution >= 4 is 36.7 Å². The van der Waals surface area contributed by atoms with E-state index in [1.54, 1.807) is 0 Å². The molecule has 0 saturated heterocycles. The molecular formula is C18H12AsClF6OS. The summed E-state index contributed by atoms with van der Waals surface area (Å²) in [5.74, 6) is 1.88. The van der Waals surface area contributed by atoms with Gasteiger partial charge in [-0.25, -0.2) is 0 Å². The first-order chi connectivity index (χ1) is 12.8. The van der Waals surface area contributed by atoms with Crippen LogP contribution in [0, 0.1) is 0 Å². The van der Waals surface area contributed by atoms with Crippen LogP contribution in [0.15, 0.2) is 87.5 Å². The van der Waals surface area contributed by atoms with Crippen molar-refractivity contribution < 1.29 is 25.5 Å². The van der Waals surface area contributed by atoms with Gasteiger partial charge in [-0.05, 0) is 48.5 Å². The van der Waals surface area contributed by atoms with Gasteiger partial charge in [0.15, 0.2) is 16.4 Å². The Morgan fingerprint density at radius 1 is 0.643 bits per heavy atom. The standard InChI is InChI=1S/C18H12ClOS.AsF6/c19-13-9-11-14(12-10-13)21-17-7-3-1-5-15(17)20-16-6-2-4-8-18(16)21;2-1(3,4,5,6)7/h1-12H;/q+1;-1. The Morgan fingerprint density at radius 3 is 1.46 bits per heavy atom. The molecule has 0 spiro atoms. The Kier molecular flexibility index (Phi) is 4.97. The van der Waals surface area contributed by atoms with Gasteiger partial charge in [0.05, 0.1) is 0 Å². The van der Waals surface area contributed by atoms with E-state index >= 15 is 0 Å². The zero-order valence-corrected chi connectivity index (χ0v) is 17.3. The minimum atomic E-state index is -11.1. The van der Waals surface area contributed by atoms with Gasteiger partial charge in [0.1, 0.15) is 10.9 Å². The van der Waals surface area contributed by atoms with Gasteiger partial charge in [0, 0.05) is 5.02 Å². The number of hydrogen-bond acceptors (Lipinski definition) is 1. The number of benzene rings is 3. The van der Waals surface area contributed by atoms with Gasteiger partial charge in [-0.3, -0.25) is 0 Å². The molecule has 0 saturated carbocycles. The van der Waals surface area contributed by atoms with Crippen molar-refractivity contribution in [2.45, 2.75) is 14.7 Å². The number of fused-ring (bicyclic) bond motifs is 2. The van der Waals surface area contributed by atoms with Crippen LogP contribution < -0.4 is 4.74 Å². The van der Waals surface area contributed by atoms with Gasteiger partial charge in [0.2, 0.25) is 9.79 Å². The van der Waals surface area contributed by atoms with Crippen molar-refractivity contribution in [1.29, 1.82) is 0 Å². The Balaban J connectivity index is 0.000000279. The minimum absolute atomic E-state index is 0.150. The van der Waals surface area contributed by atoms with E-state index in [2.05, 4.69) is 36.4 Å². The topological polar surface area (TPSA) is 9.23 Å². The SMILES string of the molecule is Clc1ccc([S+]2c3ccccc3Oc3ccccc32)cc1.F[As-](F)(F)(F)(F)F. The van der Waals surface area contributed by atoms with Crippen LogP contribution in [-0.2, 0) is 10.9 Å². The van der Waals surface area contributed by atoms with E-state index in [4.69, 9.17) is 16.3 Å². The molecule has 0 amide bonds. The second-order valence-corrected chi connectivity index (χ2v) is 12.1. The molecular weight excluding hydrogens is 489 g/mol. The number of halogens is 7. The molecule has 10 heteroatoms. The second kappa shape index (κ2) is 6.64. The van der Waals surface area contributed by atoms with E-state index < -0.39 is 14.2 Å². The third-order valence-corrected chi connectivity index (χ3v) is 5.96. The summed E-state index contributed by atoms with van der Waals surface area (Å²) in [5, 5.41) is 0.761. The predicted molar refractivity (Wildman–Crippen MR) is 99.0 cm³/mol. The Bertz CT molecular complexity index is 952. The fourth-order valence-corrected chi connectivity index (χ4v) is 4.80. The molecule has 0 aromatic heterocycles. The van der Waals surface area contributed by atoms with Crippen LogP contribution >= 0.6 is 11.6 Å². The van der Waals surface area contributed by atoms with Gasteiger partial charge < -0.3 is 4.74 Å². The average Bonchev–Trinajstić information content (AvgIpc) is 2.58. The molecule has 1 nitrogen and oxygen atoms in total. The third-order valence-electron chi connectivity index (χ3n) is 3.41. The Morgan fingerprint density at radius 2 is 1.04 bits per heavy atom. The summed E-state index contributed by atoms with van der Waals surface area (Å²) in [7, 11) is -0.150. The molecule has 3 aromatic rings. The molecule has 1 heterocycles. The number of ether oxygens (including phenoxy) is 1. The normalized spacial score (nSPS) is 15.7. The van der Waals surface area contributed by atoms with E-state index in [-0.39, 0.29) is 10.9 Å². The summed E-state index contributed by atoms with van der Waals surface area (Å²) >= 11 is -5.03. The second-order valence-electron chi connectivity index (χ2n) is 5.71. The summed E-state index contributed by atoms with van der Waals surface area (Å²) in [6.07, 6.45) is 0. The summed E-state index contributed by atoms with van der Waals surface area (Å²) in [4.78, 5) is 3.69. The van der Waals surface area contributed by atoms with Crippen LogP contribution in [0.3, 0.4) is 0 Å². The quantitative estimate of drug-likeness (QED) is 0.148. The van der Waals surface area contributed by atoms with Gasteiger partial charge in [-0.1, -0.05) is 35.9 Å². The van der Waals surface area contributed by atoms with Crippen LogP contribution in [0.5, 0.6) is 11.5 Å². The summed E-state index contributed by atoms with van der Waals surface area (Å²) in [6.45, 7) is 0. The molecule has 0 radical (unpaired) electrons. The van der Waals surface area contributed by atoms with Crippen LogP contribution in [0.1, 0.15) is 0 Å². The number of para-hydroxylation sites is 2. The third kappa shape index (κ3) is 6.12. The first-order valence-corrected chi connectivity index (χ1v) is 13.6. The number of hydrogen-bond donors (Lipinski definition) is 0. The van der Waals surface area contributed by atoms with Crippen LogP contribution in [0.2, 0.25) is 5.02 Å². The zero-order chi connectivity index (χ0) is 20.6. The fourth-order valence-electron chi connectivity index (χ4n) is 2.47. The van der Waals surface area contributed by atoms with Crippen molar-refractivity contribution in [2.24, 2.45) is 0 Å². The van der Waals surface area contributed by atoms with Crippen LogP contribution in [-0.4, -0.2) is 14.2 Å². The van der Waals surface area contributed by atoms with Crippen molar-refractivity contribution in [1.82, 2.24) is 0 Å². The van der Waals surface area contributed by atoms with Gasteiger partial charge in [-0.15, -0.1) is 0 Å². The van der Waals surface area contributed by atoms with E-state index in [0.717, 1.165) is 16.5 Å². The molecule has 0 atom stereocenters. The van der Waals surface area contributed by atoms with E-state index in [1.807, 2.05) is 36.4 Å². The van der Waals surface area contributed by atoms with E-state index in [9.17, 15) is 20.8 Å². The molecule has 3 aromatic carbocycles. The molecule has 0 bridgehead atoms. The Labute approximate surface area is 166 Å². The van der Waals surface area contributed by atoms with E-state index in [1.165, 1.54) is 14.7 Å². The molecule has 150 valence electrons. The first-order valence-electron chi connectivity index (χ1n) is 7.70. The van der Waals surface area contributed by atoms with Crippen molar-refractivity contribution in [2.75, 3.05) is 0 Å². The van der Waals surface area contributed by atoms with E-state index in [0.29, 0.717) is 0 Å². The molecule has 0 unspecified atom stereocenters. The number of rotatable bonds is 1. The average molecular weight is 501 g/mol. The predicted octanol–water partition coefficient (Wildman–Crippen LogP) is 7.68. The molecule has 1 aliphatic heterocycles. The molecule has 0 N–H and O–H groups in total. The van der Waals surface area contributed by atoms with Gasteiger partial charge in [-0.2, -0.15) is 0 Å². The molecule has 28 heavy (non-hydrogen) atoms. The van der Waals surface area contributed by atoms with Crippen molar-refractivity contribution in [3.05, 3.63) is 77.8 Å². The van der Waals surface area contributed by atoms with Gasteiger partial charge in [0.25, 0.3) is 0 Å². The van der Waals surface area contributed by atoms with Crippen LogP contribution in [0.4, 0.5) is 20.8 Å². The summed E-state index contributed by atoms with van der Waals surface area (Å²) in [6, 6.07) is 24.6. The molecule has 4 rings (SSSR count). The van der Waals surface area contributed by atoms with Crippen molar-refractivity contribution in [3.8, 4) is 11.5 Å². The Hall–Kier alpha value is -1.76. The van der Waals surface area contributed by atoms with Crippen molar-refractivity contribution in [3.63, 3.8) is 0 Å². The first kappa shape index (κ1) is 21.0. The maximum atomic E-state index is 9.91. The summed E-state index contributed by atoms with van der Waals surface area (Å²) in [5.41, 5.74) is 0. The fraction of sp³-hybridized carbons (Fsp3) is 0. The molecule has 0 aliphatic carbocycles.